The summed E-state index contributed by atoms with van der Waals surface area (Å²) in [5.41, 5.74) is 2.50. The molecule has 1 aromatic carbocycles. The molecule has 0 fully saturated rings. The molecular weight excluding hydrogens is 241 g/mol. The van der Waals surface area contributed by atoms with E-state index in [-0.39, 0.29) is 12.3 Å². The normalized spacial score (nSPS) is 10.2. The van der Waals surface area contributed by atoms with Crippen LogP contribution in [0, 0.1) is 5.82 Å². The second kappa shape index (κ2) is 4.55. The van der Waals surface area contributed by atoms with Crippen LogP contribution in [0.5, 0.6) is 5.75 Å². The van der Waals surface area contributed by atoms with Crippen LogP contribution in [0.1, 0.15) is 5.56 Å². The fraction of sp³-hybridized carbons (Fsp3) is 0.250. The van der Waals surface area contributed by atoms with Gasteiger partial charge in [0, 0.05) is 16.6 Å². The maximum absolute atomic E-state index is 13.2. The lowest BCUT2D eigenvalue weighted by molar-refractivity contribution is 0.160. The third-order valence-electron chi connectivity index (χ3n) is 1.56. The molecule has 72 valence electrons. The van der Waals surface area contributed by atoms with E-state index in [1.165, 1.54) is 13.2 Å². The van der Waals surface area contributed by atoms with Crippen LogP contribution in [-0.4, -0.2) is 12.3 Å². The average Bonchev–Trinajstić information content (AvgIpc) is 2.04. The Hall–Kier alpha value is -0.650. The standard InChI is InChI=1S/C8H9BrFNO2/c1-13-8-5(4-11-12)2-6(9)3-7(8)10/h2-3,11-12H,4H2,1H3. The number of benzene rings is 1. The minimum absolute atomic E-state index is 0.138. The quantitative estimate of drug-likeness (QED) is 0.807. The van der Waals surface area contributed by atoms with Gasteiger partial charge in [-0.2, -0.15) is 0 Å². The minimum atomic E-state index is -0.456. The van der Waals surface area contributed by atoms with Crippen molar-refractivity contribution < 1.29 is 14.3 Å². The van der Waals surface area contributed by atoms with Gasteiger partial charge in [-0.15, -0.1) is 0 Å². The Labute approximate surface area is 83.6 Å². The summed E-state index contributed by atoms with van der Waals surface area (Å²) in [5, 5.41) is 8.48. The zero-order valence-corrected chi connectivity index (χ0v) is 8.56. The molecular formula is C8H9BrFNO2. The van der Waals surface area contributed by atoms with Crippen LogP contribution in [-0.2, 0) is 6.54 Å². The van der Waals surface area contributed by atoms with E-state index in [9.17, 15) is 4.39 Å². The van der Waals surface area contributed by atoms with E-state index in [4.69, 9.17) is 9.94 Å². The second-order valence-electron chi connectivity index (χ2n) is 2.41. The van der Waals surface area contributed by atoms with Crippen LogP contribution in [0.2, 0.25) is 0 Å². The average molecular weight is 250 g/mol. The molecule has 0 aliphatic rings. The number of rotatable bonds is 3. The zero-order chi connectivity index (χ0) is 9.84. The Morgan fingerprint density at radius 1 is 1.62 bits per heavy atom. The van der Waals surface area contributed by atoms with E-state index in [1.807, 2.05) is 5.48 Å². The van der Waals surface area contributed by atoms with Crippen LogP contribution in [0.4, 0.5) is 4.39 Å². The Morgan fingerprint density at radius 2 is 2.31 bits per heavy atom. The molecule has 0 saturated carbocycles. The lowest BCUT2D eigenvalue weighted by Gasteiger charge is -2.08. The summed E-state index contributed by atoms with van der Waals surface area (Å²) in [6, 6.07) is 2.98. The van der Waals surface area contributed by atoms with Crippen molar-refractivity contribution in [3.63, 3.8) is 0 Å². The fourth-order valence-electron chi connectivity index (χ4n) is 1.06. The Balaban J connectivity index is 3.13. The first-order valence-corrected chi connectivity index (χ1v) is 4.37. The molecule has 0 aromatic heterocycles. The molecule has 0 spiro atoms. The number of nitrogens with one attached hydrogen (secondary N) is 1. The van der Waals surface area contributed by atoms with Crippen molar-refractivity contribution in [2.75, 3.05) is 7.11 Å². The third-order valence-corrected chi connectivity index (χ3v) is 2.02. The van der Waals surface area contributed by atoms with E-state index in [2.05, 4.69) is 15.9 Å². The lowest BCUT2D eigenvalue weighted by atomic mass is 10.2. The van der Waals surface area contributed by atoms with Crippen molar-refractivity contribution >= 4 is 15.9 Å². The highest BCUT2D eigenvalue weighted by Gasteiger charge is 2.09. The molecule has 1 aromatic rings. The first-order valence-electron chi connectivity index (χ1n) is 3.58. The van der Waals surface area contributed by atoms with Crippen LogP contribution in [0.15, 0.2) is 16.6 Å². The summed E-state index contributed by atoms with van der Waals surface area (Å²) in [5.74, 6) is -0.313. The summed E-state index contributed by atoms with van der Waals surface area (Å²) in [7, 11) is 1.38. The van der Waals surface area contributed by atoms with E-state index in [1.54, 1.807) is 6.07 Å². The maximum atomic E-state index is 13.2. The second-order valence-corrected chi connectivity index (χ2v) is 3.33. The molecule has 0 heterocycles. The van der Waals surface area contributed by atoms with Gasteiger partial charge >= 0.3 is 0 Å². The molecule has 13 heavy (non-hydrogen) atoms. The number of halogens is 2. The van der Waals surface area contributed by atoms with E-state index >= 15 is 0 Å². The van der Waals surface area contributed by atoms with Gasteiger partial charge in [0.25, 0.3) is 0 Å². The smallest absolute Gasteiger partial charge is 0.166 e. The van der Waals surface area contributed by atoms with Crippen molar-refractivity contribution in [1.82, 2.24) is 5.48 Å². The number of hydroxylamine groups is 1. The SMILES string of the molecule is COc1c(F)cc(Br)cc1CNO. The molecule has 0 bridgehead atoms. The molecule has 0 aliphatic carbocycles. The molecule has 0 atom stereocenters. The summed E-state index contributed by atoms with van der Waals surface area (Å²) >= 11 is 3.14. The summed E-state index contributed by atoms with van der Waals surface area (Å²) in [6.07, 6.45) is 0. The van der Waals surface area contributed by atoms with Gasteiger partial charge in [0.15, 0.2) is 11.6 Å². The predicted octanol–water partition coefficient (Wildman–Crippen LogP) is 2.08. The number of hydrogen-bond acceptors (Lipinski definition) is 3. The van der Waals surface area contributed by atoms with Gasteiger partial charge < -0.3 is 9.94 Å². The molecule has 2 N–H and O–H groups in total. The van der Waals surface area contributed by atoms with Gasteiger partial charge in [-0.1, -0.05) is 15.9 Å². The number of hydrogen-bond donors (Lipinski definition) is 2. The van der Waals surface area contributed by atoms with Crippen molar-refractivity contribution in [3.8, 4) is 5.75 Å². The molecule has 0 aliphatic heterocycles. The van der Waals surface area contributed by atoms with Gasteiger partial charge in [0.1, 0.15) is 0 Å². The molecule has 0 amide bonds. The summed E-state index contributed by atoms with van der Waals surface area (Å²) in [4.78, 5) is 0. The highest BCUT2D eigenvalue weighted by molar-refractivity contribution is 9.10. The first kappa shape index (κ1) is 10.4. The van der Waals surface area contributed by atoms with Crippen molar-refractivity contribution in [3.05, 3.63) is 28.0 Å². The Kier molecular flexibility index (Phi) is 3.65. The molecule has 0 unspecified atom stereocenters. The number of ether oxygens (including phenoxy) is 1. The zero-order valence-electron chi connectivity index (χ0n) is 6.97. The van der Waals surface area contributed by atoms with E-state index in [0.717, 1.165) is 0 Å². The monoisotopic (exact) mass is 249 g/mol. The highest BCUT2D eigenvalue weighted by Crippen LogP contribution is 2.26. The van der Waals surface area contributed by atoms with Crippen molar-refractivity contribution in [2.45, 2.75) is 6.54 Å². The van der Waals surface area contributed by atoms with Crippen LogP contribution < -0.4 is 10.2 Å². The first-order chi connectivity index (χ1) is 6.19. The lowest BCUT2D eigenvalue weighted by Crippen LogP contribution is -2.08. The topological polar surface area (TPSA) is 41.5 Å². The minimum Gasteiger partial charge on any atom is -0.493 e. The molecule has 1 rings (SSSR count). The molecule has 3 nitrogen and oxygen atoms in total. The Bertz CT molecular complexity index is 306. The van der Waals surface area contributed by atoms with Gasteiger partial charge in [-0.25, -0.2) is 9.87 Å². The Morgan fingerprint density at radius 3 is 2.85 bits per heavy atom. The van der Waals surface area contributed by atoms with Crippen molar-refractivity contribution in [1.29, 1.82) is 0 Å². The summed E-state index contributed by atoms with van der Waals surface area (Å²) in [6.45, 7) is 0.138. The van der Waals surface area contributed by atoms with Gasteiger partial charge in [0.2, 0.25) is 0 Å². The van der Waals surface area contributed by atoms with Crippen LogP contribution >= 0.6 is 15.9 Å². The highest BCUT2D eigenvalue weighted by atomic mass is 79.9. The van der Waals surface area contributed by atoms with Gasteiger partial charge in [-0.3, -0.25) is 0 Å². The fourth-order valence-corrected chi connectivity index (χ4v) is 1.54. The molecule has 0 radical (unpaired) electrons. The number of methoxy groups -OCH3 is 1. The van der Waals surface area contributed by atoms with Gasteiger partial charge in [0.05, 0.1) is 7.11 Å². The van der Waals surface area contributed by atoms with Crippen molar-refractivity contribution in [2.24, 2.45) is 0 Å². The van der Waals surface area contributed by atoms with Gasteiger partial charge in [-0.05, 0) is 12.1 Å². The van der Waals surface area contributed by atoms with Crippen LogP contribution in [0.3, 0.4) is 0 Å². The van der Waals surface area contributed by atoms with E-state index in [0.29, 0.717) is 10.0 Å². The summed E-state index contributed by atoms with van der Waals surface area (Å²) < 4.78 is 18.6. The molecule has 5 heteroatoms. The predicted molar refractivity (Wildman–Crippen MR) is 49.3 cm³/mol. The maximum Gasteiger partial charge on any atom is 0.166 e. The van der Waals surface area contributed by atoms with E-state index < -0.39 is 5.82 Å². The third kappa shape index (κ3) is 2.40. The molecule has 0 saturated heterocycles. The van der Waals surface area contributed by atoms with Crippen LogP contribution in [0.25, 0.3) is 0 Å². The largest absolute Gasteiger partial charge is 0.493 e.